The third kappa shape index (κ3) is 15.0. The molecule has 84 valence electrons. The lowest BCUT2D eigenvalue weighted by molar-refractivity contribution is 1.61. The topological polar surface area (TPSA) is 12.0 Å². The van der Waals surface area contributed by atoms with Crippen molar-refractivity contribution in [2.45, 2.75) is 6.92 Å². The van der Waals surface area contributed by atoms with Crippen molar-refractivity contribution in [3.63, 3.8) is 0 Å². The number of hydrogen-bond donors (Lipinski definition) is 1. The highest BCUT2D eigenvalue weighted by atomic mass is 127. The van der Waals surface area contributed by atoms with E-state index >= 15 is 0 Å². The number of halogens is 1. The van der Waals surface area contributed by atoms with E-state index in [1.807, 2.05) is 0 Å². The van der Waals surface area contributed by atoms with Crippen LogP contribution in [0.1, 0.15) is 6.92 Å². The third-order valence-corrected chi connectivity index (χ3v) is 1.28. The zero-order valence-electron chi connectivity index (χ0n) is 10.8. The third-order valence-electron chi connectivity index (χ3n) is 1.04. The molecule has 0 rings (SSSR count). The van der Waals surface area contributed by atoms with Crippen molar-refractivity contribution in [2.24, 2.45) is 0 Å². The zero-order valence-corrected chi connectivity index (χ0v) is 12.0. The van der Waals surface area contributed by atoms with Crippen LogP contribution in [0.25, 0.3) is 0 Å². The van der Waals surface area contributed by atoms with Gasteiger partial charge >= 0.3 is 0 Å². The van der Waals surface area contributed by atoms with Gasteiger partial charge in [0.1, 0.15) is 0 Å². The Morgan fingerprint density at radius 2 is 0.947 bits per heavy atom. The summed E-state index contributed by atoms with van der Waals surface area (Å²) in [5, 5.41) is 0. The molecule has 0 aromatic heterocycles. The normalized spacial score (nSPS) is 4.84. The van der Waals surface area contributed by atoms with Gasteiger partial charge in [0.15, 0.2) is 1.41 Å². The molecule has 0 bridgehead atoms. The lowest BCUT2D eigenvalue weighted by Crippen LogP contribution is -1.77. The average molecular weight is 351 g/mol. The number of rotatable bonds is 0. The van der Waals surface area contributed by atoms with E-state index in [2.05, 4.69) is 94.9 Å². The highest BCUT2D eigenvalue weighted by Crippen LogP contribution is 1.60. The van der Waals surface area contributed by atoms with Gasteiger partial charge in [-0.15, -0.1) is 0 Å². The van der Waals surface area contributed by atoms with Crippen molar-refractivity contribution in [3.8, 4) is 94.9 Å². The van der Waals surface area contributed by atoms with Crippen LogP contribution in [0.5, 0.6) is 0 Å². The van der Waals surface area contributed by atoms with E-state index in [9.17, 15) is 0 Å². The molecule has 19 heavy (non-hydrogen) atoms. The number of nitrogens with one attached hydrogen (secondary N) is 1. The van der Waals surface area contributed by atoms with Gasteiger partial charge in [0.05, 0.1) is 22.9 Å². The maximum atomic E-state index is 6.93. The van der Waals surface area contributed by atoms with Crippen LogP contribution in [-0.2, 0) is 0 Å². The minimum Gasteiger partial charge on any atom is -0.287 e. The highest BCUT2D eigenvalue weighted by Gasteiger charge is 1.58. The van der Waals surface area contributed by atoms with Crippen molar-refractivity contribution in [1.29, 1.82) is 0 Å². The molecule has 0 aliphatic carbocycles. The van der Waals surface area contributed by atoms with Gasteiger partial charge in [-0.3, -0.25) is 3.52 Å². The Kier molecular flexibility index (Phi) is 11.1. The lowest BCUT2D eigenvalue weighted by Gasteiger charge is -1.65. The Morgan fingerprint density at radius 3 is 1.26 bits per heavy atom. The van der Waals surface area contributed by atoms with Gasteiger partial charge in [-0.25, -0.2) is 0 Å². The van der Waals surface area contributed by atoms with Crippen LogP contribution in [0.15, 0.2) is 0 Å². The molecule has 0 amide bonds. The summed E-state index contributed by atoms with van der Waals surface area (Å²) < 4.78 is 7.86. The van der Waals surface area contributed by atoms with Crippen molar-refractivity contribution < 1.29 is 1.41 Å². The first-order chi connectivity index (χ1) is 9.77. The maximum Gasteiger partial charge on any atom is 0.183 e. The highest BCUT2D eigenvalue weighted by molar-refractivity contribution is 14.1. The van der Waals surface area contributed by atoms with Gasteiger partial charge in [-0.1, -0.05) is 5.92 Å². The van der Waals surface area contributed by atoms with Gasteiger partial charge in [-0.05, 0) is 48.4 Å². The molecule has 0 radical (unpaired) electrons. The summed E-state index contributed by atoms with van der Waals surface area (Å²) in [5.41, 5.74) is 0. The standard InChI is InChI=1S/C17H4IN/c1-2-3-4-5-6-7-8-9-10-11-12-13-14-15-16-17-19-18/h19H,1H3/i/hT. The first kappa shape index (κ1) is 14.1. The van der Waals surface area contributed by atoms with E-state index in [1.165, 1.54) is 0 Å². The Balaban J connectivity index is 4.31. The molecule has 0 heterocycles. The molecule has 0 aliphatic heterocycles. The summed E-state index contributed by atoms with van der Waals surface area (Å²) in [6.07, 6.45) is 0. The minimum atomic E-state index is 0.926. The van der Waals surface area contributed by atoms with Crippen molar-refractivity contribution in [2.75, 3.05) is 0 Å². The van der Waals surface area contributed by atoms with Crippen LogP contribution in [0.2, 0.25) is 1.41 Å². The Bertz CT molecular complexity index is 835. The first-order valence-corrected chi connectivity index (χ1v) is 5.61. The Morgan fingerprint density at radius 1 is 0.632 bits per heavy atom. The minimum absolute atomic E-state index is 0.926. The molecular weight excluding hydrogens is 345 g/mol. The summed E-state index contributed by atoms with van der Waals surface area (Å²) in [5.74, 6) is 37.5. The summed E-state index contributed by atoms with van der Waals surface area (Å²) >= 11 is 1.70. The van der Waals surface area contributed by atoms with E-state index in [-0.39, 0.29) is 0 Å². The number of hydrogen-bond acceptors (Lipinski definition) is 1. The largest absolute Gasteiger partial charge is 0.287 e. The van der Waals surface area contributed by atoms with Crippen molar-refractivity contribution in [3.05, 3.63) is 0 Å². The maximum absolute atomic E-state index is 6.93. The fraction of sp³-hybridized carbons (Fsp3) is 0.0588. The molecule has 0 saturated carbocycles. The Hall–Kier alpha value is -2.99. The Labute approximate surface area is 129 Å². The van der Waals surface area contributed by atoms with E-state index in [4.69, 9.17) is 1.41 Å². The molecule has 0 saturated heterocycles. The molecule has 0 aromatic rings. The van der Waals surface area contributed by atoms with Gasteiger partial charge in [0.2, 0.25) is 0 Å². The summed E-state index contributed by atoms with van der Waals surface area (Å²) in [6, 6.07) is 2.39. The molecule has 0 aliphatic rings. The second-order valence-electron chi connectivity index (χ2n) is 2.20. The van der Waals surface area contributed by atoms with Gasteiger partial charge in [0.25, 0.3) is 0 Å². The van der Waals surface area contributed by atoms with Crippen molar-refractivity contribution >= 4 is 22.9 Å². The molecule has 0 unspecified atom stereocenters. The molecule has 1 N–H and O–H groups in total. The molecular formula is C17H4IN. The molecule has 0 atom stereocenters. The SMILES string of the molecule is [3H]N(I)C#CC#CC#CC#CC#CC#CC#CC#CC. The summed E-state index contributed by atoms with van der Waals surface area (Å²) in [4.78, 5) is 0. The van der Waals surface area contributed by atoms with Crippen LogP contribution >= 0.6 is 22.9 Å². The molecule has 0 spiro atoms. The lowest BCUT2D eigenvalue weighted by atomic mass is 10.5. The first-order valence-electron chi connectivity index (χ1n) is 5.09. The van der Waals surface area contributed by atoms with E-state index in [0.717, 1.165) is 3.52 Å². The van der Waals surface area contributed by atoms with Crippen LogP contribution in [-0.4, -0.2) is 0 Å². The molecule has 2 heteroatoms. The molecule has 0 fully saturated rings. The summed E-state index contributed by atoms with van der Waals surface area (Å²) in [6.45, 7) is 1.70. The predicted molar refractivity (Wildman–Crippen MR) is 85.0 cm³/mol. The van der Waals surface area contributed by atoms with Crippen LogP contribution in [0, 0.1) is 94.9 Å². The van der Waals surface area contributed by atoms with Gasteiger partial charge < -0.3 is 0 Å². The predicted octanol–water partition coefficient (Wildman–Crippen LogP) is 0.931. The van der Waals surface area contributed by atoms with Crippen LogP contribution < -0.4 is 3.52 Å². The monoisotopic (exact) mass is 351 g/mol. The quantitative estimate of drug-likeness (QED) is 0.296. The second-order valence-corrected chi connectivity index (χ2v) is 2.68. The smallest absolute Gasteiger partial charge is 0.183 e. The van der Waals surface area contributed by atoms with Gasteiger partial charge in [0, 0.05) is 47.5 Å². The summed E-state index contributed by atoms with van der Waals surface area (Å²) in [7, 11) is 0. The van der Waals surface area contributed by atoms with Gasteiger partial charge in [-0.2, -0.15) is 0 Å². The fourth-order valence-electron chi connectivity index (χ4n) is 0.487. The second kappa shape index (κ2) is 15.0. The average Bonchev–Trinajstić information content (AvgIpc) is 2.43. The van der Waals surface area contributed by atoms with E-state index in [0.29, 0.717) is 0 Å². The van der Waals surface area contributed by atoms with Crippen LogP contribution in [0.3, 0.4) is 0 Å². The molecule has 1 nitrogen and oxygen atoms in total. The van der Waals surface area contributed by atoms with E-state index < -0.39 is 0 Å². The van der Waals surface area contributed by atoms with Crippen LogP contribution in [0.4, 0.5) is 0 Å². The zero-order chi connectivity index (χ0) is 14.9. The van der Waals surface area contributed by atoms with Crippen molar-refractivity contribution in [1.82, 2.24) is 3.52 Å². The van der Waals surface area contributed by atoms with E-state index in [1.54, 1.807) is 29.8 Å². The molecule has 0 aromatic carbocycles. The fourth-order valence-corrected chi connectivity index (χ4v) is 0.607.